The number of nitrogens with zero attached hydrogens (tertiary/aromatic N) is 2. The molecule has 0 fully saturated rings. The summed E-state index contributed by atoms with van der Waals surface area (Å²) in [5.41, 5.74) is 5.18. The largest absolute Gasteiger partial charge is 1.00 e. The van der Waals surface area contributed by atoms with Gasteiger partial charge in [0.05, 0.1) is 12.2 Å². The third-order valence-electron chi connectivity index (χ3n) is 7.32. The Bertz CT molecular complexity index is 1510. The smallest absolute Gasteiger partial charge is 0.550 e. The Kier molecular flexibility index (Phi) is 13.3. The van der Waals surface area contributed by atoms with E-state index in [-0.39, 0.29) is 60.2 Å². The van der Waals surface area contributed by atoms with Crippen LogP contribution in [0.4, 0.5) is 4.39 Å². The number of hydrogen-bond acceptors (Lipinski definition) is 6. The quantitative estimate of drug-likeness (QED) is 0.184. The first-order valence-electron chi connectivity index (χ1n) is 14.5. The van der Waals surface area contributed by atoms with Crippen LogP contribution in [0.5, 0.6) is 0 Å². The number of aliphatic hydroxyl groups excluding tert-OH is 2. The average Bonchev–Trinajstić information content (AvgIpc) is 3.32. The third-order valence-corrected chi connectivity index (χ3v) is 7.32. The van der Waals surface area contributed by atoms with Gasteiger partial charge in [-0.1, -0.05) is 48.5 Å². The molecule has 0 bridgehead atoms. The summed E-state index contributed by atoms with van der Waals surface area (Å²) in [6.07, 6.45) is 1.63. The van der Waals surface area contributed by atoms with Crippen LogP contribution < -0.4 is 40.0 Å². The number of aliphatic carboxylic acids is 1. The fourth-order valence-corrected chi connectivity index (χ4v) is 5.45. The molecule has 44 heavy (non-hydrogen) atoms. The third kappa shape index (κ3) is 9.09. The molecule has 0 saturated heterocycles. The minimum atomic E-state index is -1.39. The van der Waals surface area contributed by atoms with E-state index in [4.69, 9.17) is 0 Å². The Morgan fingerprint density at radius 1 is 0.932 bits per heavy atom. The van der Waals surface area contributed by atoms with Gasteiger partial charge in [0.15, 0.2) is 0 Å². The van der Waals surface area contributed by atoms with Crippen molar-refractivity contribution in [3.05, 3.63) is 102 Å². The molecule has 10 heteroatoms. The van der Waals surface area contributed by atoms with E-state index in [0.717, 1.165) is 22.4 Å². The van der Waals surface area contributed by atoms with Crippen LogP contribution in [-0.4, -0.2) is 50.4 Å². The minimum absolute atomic E-state index is 0. The van der Waals surface area contributed by atoms with Gasteiger partial charge in [0.1, 0.15) is 11.5 Å². The van der Waals surface area contributed by atoms with E-state index >= 15 is 0 Å². The van der Waals surface area contributed by atoms with Gasteiger partial charge < -0.3 is 30.0 Å². The maximum absolute atomic E-state index is 14.0. The topological polar surface area (TPSA) is 128 Å². The number of hydrogen-bond donors (Lipinski definition) is 3. The SMILES string of the molecule is CC(C)n1c(CC[C@@H](O)C[C@@H](O)CC(=O)[O-])c(-c2ccc(F)cc2)c(-c2ccccc2)c1C(=O)NCCc1cccnc1.[Na+]. The van der Waals surface area contributed by atoms with Crippen LogP contribution in [0.3, 0.4) is 0 Å². The van der Waals surface area contributed by atoms with Gasteiger partial charge in [-0.3, -0.25) is 9.78 Å². The van der Waals surface area contributed by atoms with Crippen LogP contribution in [0.2, 0.25) is 0 Å². The number of carbonyl (C=O) groups is 2. The zero-order chi connectivity index (χ0) is 30.9. The fraction of sp³-hybridized carbons (Fsp3) is 0.324. The second-order valence-corrected chi connectivity index (χ2v) is 10.9. The maximum atomic E-state index is 14.0. The van der Waals surface area contributed by atoms with E-state index in [9.17, 15) is 29.3 Å². The summed E-state index contributed by atoms with van der Waals surface area (Å²) in [6.45, 7) is 4.33. The van der Waals surface area contributed by atoms with E-state index in [2.05, 4.69) is 10.3 Å². The van der Waals surface area contributed by atoms with Crippen molar-refractivity contribution in [3.8, 4) is 22.3 Å². The van der Waals surface area contributed by atoms with Crippen molar-refractivity contribution in [2.24, 2.45) is 0 Å². The number of carboxylic acids is 1. The van der Waals surface area contributed by atoms with Gasteiger partial charge in [-0.25, -0.2) is 4.39 Å². The van der Waals surface area contributed by atoms with Crippen molar-refractivity contribution in [1.29, 1.82) is 0 Å². The zero-order valence-electron chi connectivity index (χ0n) is 25.4. The summed E-state index contributed by atoms with van der Waals surface area (Å²) in [4.78, 5) is 29.1. The molecular weight excluding hydrogens is 572 g/mol. The summed E-state index contributed by atoms with van der Waals surface area (Å²) in [6, 6.07) is 19.3. The van der Waals surface area contributed by atoms with E-state index in [1.165, 1.54) is 12.1 Å². The van der Waals surface area contributed by atoms with Gasteiger partial charge in [0.25, 0.3) is 5.91 Å². The summed E-state index contributed by atoms with van der Waals surface area (Å²) < 4.78 is 16.0. The summed E-state index contributed by atoms with van der Waals surface area (Å²) in [5, 5.41) is 34.7. The van der Waals surface area contributed by atoms with Crippen molar-refractivity contribution < 1.29 is 58.9 Å². The molecule has 0 aliphatic heterocycles. The van der Waals surface area contributed by atoms with E-state index in [1.807, 2.05) is 60.9 Å². The molecule has 0 radical (unpaired) electrons. The van der Waals surface area contributed by atoms with Gasteiger partial charge in [0, 0.05) is 54.2 Å². The number of nitrogens with one attached hydrogen (secondary N) is 1. The Morgan fingerprint density at radius 2 is 1.61 bits per heavy atom. The number of carbonyl (C=O) groups excluding carboxylic acids is 2. The molecule has 226 valence electrons. The number of aliphatic hydroxyl groups is 2. The standard InChI is InChI=1S/C34H38FN3O5.Na/c1-22(2)38-29(15-14-27(39)19-28(40)20-30(41)42)31(25-10-12-26(35)13-11-25)32(24-8-4-3-5-9-24)33(38)34(43)37-18-16-23-7-6-17-36-21-23;/h3-13,17,21-22,27-28,39-40H,14-16,18-20H2,1-2H3,(H,37,43)(H,41,42);/q;+1/p-1/t27-,28-;/m1./s1. The first-order valence-corrected chi connectivity index (χ1v) is 14.5. The van der Waals surface area contributed by atoms with Crippen LogP contribution in [0.15, 0.2) is 79.1 Å². The number of amides is 1. The number of aromatic nitrogens is 2. The molecule has 0 spiro atoms. The summed E-state index contributed by atoms with van der Waals surface area (Å²) in [7, 11) is 0. The minimum Gasteiger partial charge on any atom is -0.550 e. The first kappa shape index (κ1) is 35.1. The number of pyridine rings is 1. The summed E-state index contributed by atoms with van der Waals surface area (Å²) >= 11 is 0. The van der Waals surface area contributed by atoms with Crippen molar-refractivity contribution >= 4 is 11.9 Å². The zero-order valence-corrected chi connectivity index (χ0v) is 27.4. The van der Waals surface area contributed by atoms with Gasteiger partial charge in [0.2, 0.25) is 0 Å². The Morgan fingerprint density at radius 3 is 2.23 bits per heavy atom. The van der Waals surface area contributed by atoms with Crippen LogP contribution in [0.25, 0.3) is 22.3 Å². The van der Waals surface area contributed by atoms with E-state index in [1.54, 1.807) is 24.5 Å². The predicted molar refractivity (Wildman–Crippen MR) is 160 cm³/mol. The second-order valence-electron chi connectivity index (χ2n) is 10.9. The van der Waals surface area contributed by atoms with Crippen molar-refractivity contribution in [2.45, 2.75) is 64.2 Å². The number of benzene rings is 2. The van der Waals surface area contributed by atoms with Gasteiger partial charge in [-0.15, -0.1) is 0 Å². The monoisotopic (exact) mass is 609 g/mol. The van der Waals surface area contributed by atoms with Crippen LogP contribution in [-0.2, 0) is 17.6 Å². The Hall–Kier alpha value is -3.34. The molecule has 2 aromatic carbocycles. The normalized spacial score (nSPS) is 12.4. The van der Waals surface area contributed by atoms with E-state index in [0.29, 0.717) is 36.2 Å². The van der Waals surface area contributed by atoms with E-state index < -0.39 is 24.6 Å². The average molecular weight is 610 g/mol. The van der Waals surface area contributed by atoms with Crippen LogP contribution >= 0.6 is 0 Å². The Balaban J connectivity index is 0.00000529. The first-order chi connectivity index (χ1) is 20.7. The number of halogens is 1. The number of rotatable bonds is 14. The molecule has 2 heterocycles. The van der Waals surface area contributed by atoms with Gasteiger partial charge in [-0.2, -0.15) is 0 Å². The molecule has 0 unspecified atom stereocenters. The summed E-state index contributed by atoms with van der Waals surface area (Å²) in [5.74, 6) is -2.05. The molecular formula is C34H37FN3NaO5. The number of carboxylic acid groups (broad SMARTS) is 1. The molecule has 0 saturated carbocycles. The molecule has 2 aromatic heterocycles. The molecule has 2 atom stereocenters. The van der Waals surface area contributed by atoms with Crippen molar-refractivity contribution in [3.63, 3.8) is 0 Å². The molecule has 4 aromatic rings. The molecule has 1 amide bonds. The van der Waals surface area contributed by atoms with Gasteiger partial charge >= 0.3 is 29.6 Å². The Labute approximate surface area is 279 Å². The van der Waals surface area contributed by atoms with Crippen molar-refractivity contribution in [1.82, 2.24) is 14.9 Å². The van der Waals surface area contributed by atoms with Gasteiger partial charge in [-0.05, 0) is 74.4 Å². The molecule has 3 N–H and O–H groups in total. The molecule has 0 aliphatic carbocycles. The predicted octanol–water partition coefficient (Wildman–Crippen LogP) is 1.10. The molecule has 8 nitrogen and oxygen atoms in total. The van der Waals surface area contributed by atoms with Crippen LogP contribution in [0.1, 0.15) is 60.9 Å². The molecule has 0 aliphatic rings. The van der Waals surface area contributed by atoms with Crippen LogP contribution in [0, 0.1) is 5.82 Å². The molecule has 4 rings (SSSR count). The fourth-order valence-electron chi connectivity index (χ4n) is 5.45. The maximum Gasteiger partial charge on any atom is 1.00 e. The second kappa shape index (κ2) is 16.7. The van der Waals surface area contributed by atoms with Crippen molar-refractivity contribution in [2.75, 3.05) is 6.54 Å².